The van der Waals surface area contributed by atoms with Crippen LogP contribution in [0.1, 0.15) is 11.1 Å². The van der Waals surface area contributed by atoms with E-state index in [-0.39, 0.29) is 12.5 Å². The van der Waals surface area contributed by atoms with E-state index in [1.807, 2.05) is 30.0 Å². The highest BCUT2D eigenvalue weighted by Crippen LogP contribution is 2.22. The Morgan fingerprint density at radius 1 is 1.50 bits per heavy atom. The molecule has 1 aromatic rings. The molecular weight excluding hydrogens is 204 g/mol. The van der Waals surface area contributed by atoms with Gasteiger partial charge in [-0.05, 0) is 13.0 Å². The summed E-state index contributed by atoms with van der Waals surface area (Å²) in [6, 6.07) is 5.93. The van der Waals surface area contributed by atoms with Crippen LogP contribution >= 0.6 is 0 Å². The van der Waals surface area contributed by atoms with Gasteiger partial charge in [0.25, 0.3) is 0 Å². The van der Waals surface area contributed by atoms with Crippen LogP contribution in [-0.4, -0.2) is 30.6 Å². The number of nitrogens with zero attached hydrogens (tertiary/aromatic N) is 1. The maximum absolute atomic E-state index is 11.3. The number of anilines is 1. The Balaban J connectivity index is 2.28. The van der Waals surface area contributed by atoms with Gasteiger partial charge in [0.05, 0.1) is 13.2 Å². The standard InChI is InChI=1S/C12H16N2O2/c1-9-2-3-11(10(6-9)8-15)14-5-4-13-12(16)7-14/h2-3,6,15H,4-5,7-8H2,1H3,(H,13,16). The summed E-state index contributed by atoms with van der Waals surface area (Å²) in [6.45, 7) is 3.83. The van der Waals surface area contributed by atoms with Gasteiger partial charge in [-0.1, -0.05) is 17.7 Å². The molecule has 1 amide bonds. The molecule has 86 valence electrons. The minimum atomic E-state index is 0.00906. The van der Waals surface area contributed by atoms with Gasteiger partial charge in [-0.2, -0.15) is 0 Å². The van der Waals surface area contributed by atoms with Gasteiger partial charge in [0.1, 0.15) is 0 Å². The quantitative estimate of drug-likeness (QED) is 0.759. The molecule has 2 rings (SSSR count). The van der Waals surface area contributed by atoms with Gasteiger partial charge in [-0.3, -0.25) is 4.79 Å². The Hall–Kier alpha value is -1.55. The van der Waals surface area contributed by atoms with Crippen molar-refractivity contribution in [3.63, 3.8) is 0 Å². The van der Waals surface area contributed by atoms with E-state index in [9.17, 15) is 9.90 Å². The van der Waals surface area contributed by atoms with E-state index in [1.54, 1.807) is 0 Å². The summed E-state index contributed by atoms with van der Waals surface area (Å²) >= 11 is 0. The molecule has 1 aromatic carbocycles. The van der Waals surface area contributed by atoms with Crippen LogP contribution in [0.5, 0.6) is 0 Å². The zero-order valence-electron chi connectivity index (χ0n) is 9.36. The number of amides is 1. The zero-order chi connectivity index (χ0) is 11.5. The maximum Gasteiger partial charge on any atom is 0.239 e. The molecule has 0 aliphatic carbocycles. The van der Waals surface area contributed by atoms with E-state index in [1.165, 1.54) is 0 Å². The van der Waals surface area contributed by atoms with Crippen molar-refractivity contribution in [3.05, 3.63) is 29.3 Å². The Morgan fingerprint density at radius 3 is 3.00 bits per heavy atom. The van der Waals surface area contributed by atoms with E-state index in [2.05, 4.69) is 5.32 Å². The van der Waals surface area contributed by atoms with Crippen LogP contribution in [-0.2, 0) is 11.4 Å². The second-order valence-electron chi connectivity index (χ2n) is 4.06. The summed E-state index contributed by atoms with van der Waals surface area (Å²) in [5.74, 6) is 0.0377. The second kappa shape index (κ2) is 4.53. The van der Waals surface area contributed by atoms with Gasteiger partial charge in [0, 0.05) is 24.3 Å². The van der Waals surface area contributed by atoms with Gasteiger partial charge >= 0.3 is 0 Å². The van der Waals surface area contributed by atoms with Crippen molar-refractivity contribution in [1.82, 2.24) is 5.32 Å². The van der Waals surface area contributed by atoms with Crippen LogP contribution in [0.25, 0.3) is 0 Å². The van der Waals surface area contributed by atoms with Gasteiger partial charge in [-0.15, -0.1) is 0 Å². The largest absolute Gasteiger partial charge is 0.392 e. The molecule has 0 spiro atoms. The lowest BCUT2D eigenvalue weighted by atomic mass is 10.1. The first-order valence-electron chi connectivity index (χ1n) is 5.43. The van der Waals surface area contributed by atoms with Gasteiger partial charge in [-0.25, -0.2) is 0 Å². The maximum atomic E-state index is 11.3. The van der Waals surface area contributed by atoms with E-state index in [4.69, 9.17) is 0 Å². The highest BCUT2D eigenvalue weighted by atomic mass is 16.3. The van der Waals surface area contributed by atoms with Gasteiger partial charge in [0.15, 0.2) is 0 Å². The average molecular weight is 220 g/mol. The van der Waals surface area contributed by atoms with Gasteiger partial charge < -0.3 is 15.3 Å². The van der Waals surface area contributed by atoms with Crippen LogP contribution in [0.4, 0.5) is 5.69 Å². The summed E-state index contributed by atoms with van der Waals surface area (Å²) < 4.78 is 0. The zero-order valence-corrected chi connectivity index (χ0v) is 9.36. The minimum absolute atomic E-state index is 0.00906. The van der Waals surface area contributed by atoms with E-state index < -0.39 is 0 Å². The fraction of sp³-hybridized carbons (Fsp3) is 0.417. The lowest BCUT2D eigenvalue weighted by Crippen LogP contribution is -2.48. The highest BCUT2D eigenvalue weighted by molar-refractivity contribution is 5.83. The SMILES string of the molecule is Cc1ccc(N2CCNC(=O)C2)c(CO)c1. The second-order valence-corrected chi connectivity index (χ2v) is 4.06. The number of aryl methyl sites for hydroxylation is 1. The van der Waals surface area contributed by atoms with E-state index >= 15 is 0 Å². The molecule has 2 N–H and O–H groups in total. The van der Waals surface area contributed by atoms with Crippen LogP contribution in [0.15, 0.2) is 18.2 Å². The Bertz CT molecular complexity index is 404. The summed E-state index contributed by atoms with van der Waals surface area (Å²) in [4.78, 5) is 13.3. The molecular formula is C12H16N2O2. The minimum Gasteiger partial charge on any atom is -0.392 e. The van der Waals surface area contributed by atoms with Crippen molar-refractivity contribution >= 4 is 11.6 Å². The normalized spacial score (nSPS) is 16.1. The first-order chi connectivity index (χ1) is 7.70. The molecule has 4 nitrogen and oxygen atoms in total. The highest BCUT2D eigenvalue weighted by Gasteiger charge is 2.18. The van der Waals surface area contributed by atoms with Gasteiger partial charge in [0.2, 0.25) is 5.91 Å². The molecule has 4 heteroatoms. The molecule has 0 aromatic heterocycles. The van der Waals surface area contributed by atoms with Crippen molar-refractivity contribution in [1.29, 1.82) is 0 Å². The van der Waals surface area contributed by atoms with Crippen LogP contribution in [0, 0.1) is 6.92 Å². The molecule has 0 atom stereocenters. The molecule has 0 unspecified atom stereocenters. The number of carbonyl (C=O) groups is 1. The first-order valence-corrected chi connectivity index (χ1v) is 5.43. The Kier molecular flexibility index (Phi) is 3.10. The number of benzene rings is 1. The van der Waals surface area contributed by atoms with Crippen molar-refractivity contribution in [2.75, 3.05) is 24.5 Å². The number of piperazine rings is 1. The third-order valence-corrected chi connectivity index (χ3v) is 2.78. The molecule has 1 heterocycles. The van der Waals surface area contributed by atoms with Crippen molar-refractivity contribution in [2.24, 2.45) is 0 Å². The van der Waals surface area contributed by atoms with Crippen molar-refractivity contribution in [2.45, 2.75) is 13.5 Å². The van der Waals surface area contributed by atoms with Crippen molar-refractivity contribution < 1.29 is 9.90 Å². The molecule has 1 fully saturated rings. The van der Waals surface area contributed by atoms with E-state index in [0.717, 1.165) is 23.4 Å². The van der Waals surface area contributed by atoms with Crippen LogP contribution in [0.2, 0.25) is 0 Å². The number of rotatable bonds is 2. The predicted molar refractivity (Wildman–Crippen MR) is 62.3 cm³/mol. The third-order valence-electron chi connectivity index (χ3n) is 2.78. The van der Waals surface area contributed by atoms with Crippen LogP contribution < -0.4 is 10.2 Å². The number of nitrogens with one attached hydrogen (secondary N) is 1. The molecule has 0 bridgehead atoms. The molecule has 16 heavy (non-hydrogen) atoms. The summed E-state index contributed by atoms with van der Waals surface area (Å²) in [7, 11) is 0. The fourth-order valence-electron chi connectivity index (χ4n) is 1.99. The van der Waals surface area contributed by atoms with E-state index in [0.29, 0.717) is 13.1 Å². The molecule has 1 saturated heterocycles. The summed E-state index contributed by atoms with van der Waals surface area (Å²) in [5, 5.41) is 12.1. The topological polar surface area (TPSA) is 52.6 Å². The van der Waals surface area contributed by atoms with Crippen LogP contribution in [0.3, 0.4) is 0 Å². The Labute approximate surface area is 94.9 Å². The summed E-state index contributed by atoms with van der Waals surface area (Å²) in [5.41, 5.74) is 2.96. The number of hydrogen-bond acceptors (Lipinski definition) is 3. The fourth-order valence-corrected chi connectivity index (χ4v) is 1.99. The monoisotopic (exact) mass is 220 g/mol. The Morgan fingerprint density at radius 2 is 2.31 bits per heavy atom. The number of hydrogen-bond donors (Lipinski definition) is 2. The lowest BCUT2D eigenvalue weighted by Gasteiger charge is -2.30. The summed E-state index contributed by atoms with van der Waals surface area (Å²) in [6.07, 6.45) is 0. The lowest BCUT2D eigenvalue weighted by molar-refractivity contribution is -0.120. The predicted octanol–water partition coefficient (Wildman–Crippen LogP) is 0.424. The first kappa shape index (κ1) is 11.0. The molecule has 0 radical (unpaired) electrons. The average Bonchev–Trinajstić information content (AvgIpc) is 2.28. The number of carbonyl (C=O) groups excluding carboxylic acids is 1. The molecule has 1 aliphatic heterocycles. The third kappa shape index (κ3) is 2.17. The van der Waals surface area contributed by atoms with Crippen molar-refractivity contribution in [3.8, 4) is 0 Å². The molecule has 1 aliphatic rings. The smallest absolute Gasteiger partial charge is 0.239 e. The number of aliphatic hydroxyl groups excluding tert-OH is 1. The molecule has 0 saturated carbocycles. The number of aliphatic hydroxyl groups is 1.